The van der Waals surface area contributed by atoms with Gasteiger partial charge in [0.1, 0.15) is 5.75 Å². The fourth-order valence-corrected chi connectivity index (χ4v) is 3.64. The van der Waals surface area contributed by atoms with Gasteiger partial charge in [0.25, 0.3) is 0 Å². The molecule has 0 fully saturated rings. The molecule has 1 rings (SSSR count). The molecule has 0 saturated carbocycles. The molecule has 0 saturated heterocycles. The summed E-state index contributed by atoms with van der Waals surface area (Å²) in [6.45, 7) is 6.76. The van der Waals surface area contributed by atoms with Gasteiger partial charge >= 0.3 is 0 Å². The quantitative estimate of drug-likeness (QED) is 0.761. The second kappa shape index (κ2) is 8.39. The van der Waals surface area contributed by atoms with Crippen molar-refractivity contribution in [2.24, 2.45) is 11.7 Å². The second-order valence-electron chi connectivity index (χ2n) is 5.82. The Balaban J connectivity index is 2.60. The van der Waals surface area contributed by atoms with Crippen LogP contribution in [0.5, 0.6) is 5.75 Å². The highest BCUT2D eigenvalue weighted by Crippen LogP contribution is 2.18. The summed E-state index contributed by atoms with van der Waals surface area (Å²) in [5, 5.41) is 0. The first-order chi connectivity index (χ1) is 9.84. The molecular weight excluding hydrogens is 286 g/mol. The van der Waals surface area contributed by atoms with E-state index in [9.17, 15) is 8.42 Å². The minimum atomic E-state index is -3.10. The summed E-state index contributed by atoms with van der Waals surface area (Å²) in [7, 11) is -3.10. The van der Waals surface area contributed by atoms with E-state index in [-0.39, 0.29) is 11.5 Å². The number of ether oxygens (including phenoxy) is 1. The molecule has 1 unspecified atom stereocenters. The topological polar surface area (TPSA) is 69.4 Å². The van der Waals surface area contributed by atoms with E-state index in [1.54, 1.807) is 0 Å². The smallest absolute Gasteiger partial charge is 0.152 e. The molecule has 1 aromatic carbocycles. The lowest BCUT2D eigenvalue weighted by Crippen LogP contribution is -2.24. The Bertz CT molecular complexity index is 509. The van der Waals surface area contributed by atoms with E-state index in [2.05, 4.69) is 0 Å². The average Bonchev–Trinajstić information content (AvgIpc) is 2.43. The molecule has 0 heterocycles. The first-order valence-corrected chi connectivity index (χ1v) is 9.35. The molecule has 2 N–H and O–H groups in total. The van der Waals surface area contributed by atoms with Crippen molar-refractivity contribution in [2.45, 2.75) is 39.7 Å². The number of sulfone groups is 1. The summed E-state index contributed by atoms with van der Waals surface area (Å²) in [4.78, 5) is 0. The monoisotopic (exact) mass is 313 g/mol. The minimum absolute atomic E-state index is 0.00508. The molecule has 0 aliphatic carbocycles. The summed E-state index contributed by atoms with van der Waals surface area (Å²) >= 11 is 0. The third-order valence-corrected chi connectivity index (χ3v) is 4.95. The second-order valence-corrected chi connectivity index (χ2v) is 8.05. The zero-order valence-electron chi connectivity index (χ0n) is 13.2. The summed E-state index contributed by atoms with van der Waals surface area (Å²) in [6.07, 6.45) is 1.63. The minimum Gasteiger partial charge on any atom is -0.494 e. The van der Waals surface area contributed by atoms with Crippen LogP contribution < -0.4 is 10.5 Å². The molecular formula is C16H27NO3S. The van der Waals surface area contributed by atoms with Gasteiger partial charge in [-0.1, -0.05) is 32.9 Å². The Kier molecular flexibility index (Phi) is 7.18. The van der Waals surface area contributed by atoms with Crippen molar-refractivity contribution in [1.29, 1.82) is 0 Å². The maximum atomic E-state index is 12.0. The molecule has 21 heavy (non-hydrogen) atoms. The molecule has 0 spiro atoms. The van der Waals surface area contributed by atoms with Crippen LogP contribution in [0.4, 0.5) is 0 Å². The lowest BCUT2D eigenvalue weighted by atomic mass is 10.1. The normalized spacial score (nSPS) is 13.4. The van der Waals surface area contributed by atoms with Gasteiger partial charge in [0.05, 0.1) is 18.1 Å². The van der Waals surface area contributed by atoms with Gasteiger partial charge in [-0.15, -0.1) is 0 Å². The van der Waals surface area contributed by atoms with Crippen LogP contribution >= 0.6 is 0 Å². The lowest BCUT2D eigenvalue weighted by Gasteiger charge is -2.14. The number of benzene rings is 1. The molecule has 1 atom stereocenters. The van der Waals surface area contributed by atoms with Gasteiger partial charge in [-0.25, -0.2) is 8.42 Å². The Hall–Kier alpha value is -1.07. The number of hydrogen-bond acceptors (Lipinski definition) is 4. The molecule has 0 radical (unpaired) electrons. The van der Waals surface area contributed by atoms with Crippen molar-refractivity contribution in [3.8, 4) is 5.75 Å². The SMILES string of the molecule is CCCOc1ccc(C(N)CS(=O)(=O)CCC(C)C)cc1. The highest BCUT2D eigenvalue weighted by atomic mass is 32.2. The van der Waals surface area contributed by atoms with Crippen LogP contribution in [-0.2, 0) is 9.84 Å². The Morgan fingerprint density at radius 3 is 2.33 bits per heavy atom. The van der Waals surface area contributed by atoms with E-state index in [0.717, 1.165) is 17.7 Å². The average molecular weight is 313 g/mol. The fourth-order valence-electron chi connectivity index (χ4n) is 1.90. The Morgan fingerprint density at radius 2 is 1.81 bits per heavy atom. The van der Waals surface area contributed by atoms with Crippen LogP contribution in [0.3, 0.4) is 0 Å². The zero-order chi connectivity index (χ0) is 15.9. The van der Waals surface area contributed by atoms with E-state index >= 15 is 0 Å². The van der Waals surface area contributed by atoms with E-state index in [0.29, 0.717) is 18.9 Å². The predicted octanol–water partition coefficient (Wildman–Crippen LogP) is 2.94. The van der Waals surface area contributed by atoms with Crippen LogP contribution in [0, 0.1) is 5.92 Å². The first kappa shape index (κ1) is 18.0. The van der Waals surface area contributed by atoms with E-state index < -0.39 is 15.9 Å². The van der Waals surface area contributed by atoms with Crippen LogP contribution in [0.1, 0.15) is 45.2 Å². The van der Waals surface area contributed by atoms with Gasteiger partial charge in [0.2, 0.25) is 0 Å². The summed E-state index contributed by atoms with van der Waals surface area (Å²) in [5.74, 6) is 1.37. The third-order valence-electron chi connectivity index (χ3n) is 3.22. The van der Waals surface area contributed by atoms with Crippen molar-refractivity contribution in [3.05, 3.63) is 29.8 Å². The third kappa shape index (κ3) is 6.96. The first-order valence-electron chi connectivity index (χ1n) is 7.53. The standard InChI is InChI=1S/C16H27NO3S/c1-4-10-20-15-7-5-14(6-8-15)16(17)12-21(18,19)11-9-13(2)3/h5-8,13,16H,4,9-12,17H2,1-3H3. The van der Waals surface area contributed by atoms with Crippen LogP contribution in [0.15, 0.2) is 24.3 Å². The largest absolute Gasteiger partial charge is 0.494 e. The zero-order valence-corrected chi connectivity index (χ0v) is 14.0. The van der Waals surface area contributed by atoms with Crippen LogP contribution in [0.25, 0.3) is 0 Å². The van der Waals surface area contributed by atoms with Gasteiger partial charge in [-0.2, -0.15) is 0 Å². The maximum Gasteiger partial charge on any atom is 0.152 e. The van der Waals surface area contributed by atoms with E-state index in [4.69, 9.17) is 10.5 Å². The van der Waals surface area contributed by atoms with Gasteiger partial charge < -0.3 is 10.5 Å². The van der Waals surface area contributed by atoms with Crippen LogP contribution in [-0.4, -0.2) is 26.5 Å². The fraction of sp³-hybridized carbons (Fsp3) is 0.625. The van der Waals surface area contributed by atoms with E-state index in [1.807, 2.05) is 45.0 Å². The molecule has 0 amide bonds. The van der Waals surface area contributed by atoms with Gasteiger partial charge in [0.15, 0.2) is 9.84 Å². The molecule has 120 valence electrons. The molecule has 1 aromatic rings. The molecule has 0 bridgehead atoms. The molecule has 0 aliphatic rings. The Morgan fingerprint density at radius 1 is 1.19 bits per heavy atom. The van der Waals surface area contributed by atoms with Crippen LogP contribution in [0.2, 0.25) is 0 Å². The summed E-state index contributed by atoms with van der Waals surface area (Å²) in [5.41, 5.74) is 6.84. The van der Waals surface area contributed by atoms with Crippen molar-refractivity contribution in [1.82, 2.24) is 0 Å². The van der Waals surface area contributed by atoms with Crippen molar-refractivity contribution in [3.63, 3.8) is 0 Å². The molecule has 4 nitrogen and oxygen atoms in total. The predicted molar refractivity (Wildman–Crippen MR) is 87.3 cm³/mol. The highest BCUT2D eigenvalue weighted by Gasteiger charge is 2.18. The van der Waals surface area contributed by atoms with Gasteiger partial charge in [-0.3, -0.25) is 0 Å². The number of hydrogen-bond donors (Lipinski definition) is 1. The molecule has 5 heteroatoms. The highest BCUT2D eigenvalue weighted by molar-refractivity contribution is 7.91. The summed E-state index contributed by atoms with van der Waals surface area (Å²) < 4.78 is 29.5. The van der Waals surface area contributed by atoms with E-state index in [1.165, 1.54) is 0 Å². The number of rotatable bonds is 9. The number of nitrogens with two attached hydrogens (primary N) is 1. The maximum absolute atomic E-state index is 12.0. The summed E-state index contributed by atoms with van der Waals surface area (Å²) in [6, 6.07) is 6.88. The lowest BCUT2D eigenvalue weighted by molar-refractivity contribution is 0.317. The van der Waals surface area contributed by atoms with Crippen molar-refractivity contribution >= 4 is 9.84 Å². The van der Waals surface area contributed by atoms with Gasteiger partial charge in [0, 0.05) is 6.04 Å². The molecule has 0 aliphatic heterocycles. The van der Waals surface area contributed by atoms with Crippen molar-refractivity contribution < 1.29 is 13.2 Å². The van der Waals surface area contributed by atoms with Crippen molar-refractivity contribution in [2.75, 3.05) is 18.1 Å². The van der Waals surface area contributed by atoms with Gasteiger partial charge in [-0.05, 0) is 36.5 Å². The molecule has 0 aromatic heterocycles. The Labute approximate surface area is 128 Å².